The number of rotatable bonds is 4. The first-order chi connectivity index (χ1) is 14.6. The van der Waals surface area contributed by atoms with Crippen molar-refractivity contribution in [1.82, 2.24) is 4.90 Å². The van der Waals surface area contributed by atoms with E-state index in [1.807, 2.05) is 32.0 Å². The van der Waals surface area contributed by atoms with Crippen LogP contribution in [0.5, 0.6) is 0 Å². The zero-order valence-corrected chi connectivity index (χ0v) is 19.3. The molecule has 4 rings (SSSR count). The highest BCUT2D eigenvalue weighted by atomic mass is 32.2. The van der Waals surface area contributed by atoms with Crippen LogP contribution >= 0.6 is 11.8 Å². The summed E-state index contributed by atoms with van der Waals surface area (Å²) in [5.74, 6) is 0.558. The van der Waals surface area contributed by atoms with E-state index in [-0.39, 0.29) is 11.8 Å². The number of nitrogens with zero attached hydrogens (tertiary/aromatic N) is 2. The third kappa shape index (κ3) is 4.29. The molecular weight excluding hydrogens is 434 g/mol. The minimum Gasteiger partial charge on any atom is -0.324 e. The number of thioether (sulfide) groups is 1. The van der Waals surface area contributed by atoms with E-state index < -0.39 is 16.1 Å². The minimum atomic E-state index is -3.34. The normalized spacial score (nSPS) is 18.2. The summed E-state index contributed by atoms with van der Waals surface area (Å²) in [6.07, 6.45) is 1.75. The molecule has 1 saturated heterocycles. The van der Waals surface area contributed by atoms with Crippen LogP contribution in [-0.2, 0) is 21.2 Å². The number of benzene rings is 2. The molecule has 0 aliphatic carbocycles. The van der Waals surface area contributed by atoms with Crippen molar-refractivity contribution in [2.24, 2.45) is 0 Å². The molecule has 7 nitrogen and oxygen atoms in total. The fourth-order valence-electron chi connectivity index (χ4n) is 3.92. The molecule has 1 unspecified atom stereocenters. The average molecular weight is 460 g/mol. The highest BCUT2D eigenvalue weighted by molar-refractivity contribution is 7.99. The van der Waals surface area contributed by atoms with Crippen LogP contribution in [0.1, 0.15) is 27.0 Å². The largest absolute Gasteiger partial charge is 0.324 e. The second-order valence-corrected chi connectivity index (χ2v) is 10.9. The van der Waals surface area contributed by atoms with Gasteiger partial charge >= 0.3 is 0 Å². The maximum absolute atomic E-state index is 13.2. The third-order valence-corrected chi connectivity index (χ3v) is 7.99. The molecule has 0 bridgehead atoms. The molecule has 0 saturated carbocycles. The van der Waals surface area contributed by atoms with E-state index in [4.69, 9.17) is 0 Å². The number of hydrogen-bond donors (Lipinski definition) is 1. The molecule has 2 aliphatic rings. The summed E-state index contributed by atoms with van der Waals surface area (Å²) in [6, 6.07) is 10.3. The highest BCUT2D eigenvalue weighted by Crippen LogP contribution is 2.32. The van der Waals surface area contributed by atoms with Crippen molar-refractivity contribution >= 4 is 45.0 Å². The van der Waals surface area contributed by atoms with Crippen LogP contribution < -0.4 is 9.62 Å². The second kappa shape index (κ2) is 8.20. The number of carbonyl (C=O) groups excluding carboxylic acids is 2. The van der Waals surface area contributed by atoms with E-state index in [2.05, 4.69) is 5.32 Å². The van der Waals surface area contributed by atoms with Gasteiger partial charge in [-0.3, -0.25) is 13.9 Å². The maximum Gasteiger partial charge on any atom is 0.255 e. The first-order valence-electron chi connectivity index (χ1n) is 10.0. The van der Waals surface area contributed by atoms with Gasteiger partial charge in [-0.05, 0) is 67.3 Å². The lowest BCUT2D eigenvalue weighted by Gasteiger charge is -2.24. The number of sulfonamides is 1. The van der Waals surface area contributed by atoms with E-state index in [0.717, 1.165) is 22.4 Å². The molecule has 2 heterocycles. The molecular formula is C22H25N3O4S2. The van der Waals surface area contributed by atoms with Crippen LogP contribution in [0, 0.1) is 13.8 Å². The molecule has 1 N–H and O–H groups in total. The molecule has 2 aromatic rings. The van der Waals surface area contributed by atoms with Gasteiger partial charge in [-0.2, -0.15) is 0 Å². The first kappa shape index (κ1) is 21.7. The van der Waals surface area contributed by atoms with Gasteiger partial charge in [0.2, 0.25) is 15.9 Å². The van der Waals surface area contributed by atoms with E-state index >= 15 is 0 Å². The number of anilines is 2. The lowest BCUT2D eigenvalue weighted by atomic mass is 10.1. The summed E-state index contributed by atoms with van der Waals surface area (Å²) in [5, 5.41) is 2.93. The van der Waals surface area contributed by atoms with Crippen molar-refractivity contribution in [2.45, 2.75) is 26.3 Å². The number of carbonyl (C=O) groups is 2. The van der Waals surface area contributed by atoms with Crippen LogP contribution in [0.15, 0.2) is 36.4 Å². The molecule has 1 fully saturated rings. The number of amides is 2. The Bertz CT molecular complexity index is 1160. The van der Waals surface area contributed by atoms with Crippen molar-refractivity contribution in [3.63, 3.8) is 0 Å². The fourth-order valence-corrected chi connectivity index (χ4v) is 6.03. The standard InChI is InChI=1S/C22H25N3O4S2/c1-14-4-6-18(10-15(14)2)23-21(26)20-12-30-13-24(20)22(27)17-5-7-19-16(11-17)8-9-25(19)31(3,28)29/h4-7,10-11,20H,8-9,12-13H2,1-3H3,(H,23,26). The van der Waals surface area contributed by atoms with Crippen LogP contribution in [0.3, 0.4) is 0 Å². The monoisotopic (exact) mass is 459 g/mol. The molecule has 164 valence electrons. The van der Waals surface area contributed by atoms with E-state index in [9.17, 15) is 18.0 Å². The predicted molar refractivity (Wildman–Crippen MR) is 124 cm³/mol. The Morgan fingerprint density at radius 1 is 1.10 bits per heavy atom. The predicted octanol–water partition coefficient (Wildman–Crippen LogP) is 2.78. The molecule has 0 spiro atoms. The van der Waals surface area contributed by atoms with Gasteiger partial charge in [0.25, 0.3) is 5.91 Å². The first-order valence-corrected chi connectivity index (χ1v) is 13.0. The van der Waals surface area contributed by atoms with Gasteiger partial charge in [0.05, 0.1) is 17.8 Å². The second-order valence-electron chi connectivity index (χ2n) is 8.01. The summed E-state index contributed by atoms with van der Waals surface area (Å²) in [6.45, 7) is 4.39. The minimum absolute atomic E-state index is 0.203. The SMILES string of the molecule is Cc1ccc(NC(=O)C2CSCN2C(=O)c2ccc3c(c2)CCN3S(C)(=O)=O)cc1C. The van der Waals surface area contributed by atoms with Gasteiger partial charge in [-0.1, -0.05) is 6.07 Å². The van der Waals surface area contributed by atoms with Crippen molar-refractivity contribution in [3.05, 3.63) is 58.7 Å². The molecule has 2 aromatic carbocycles. The van der Waals surface area contributed by atoms with E-state index in [0.29, 0.717) is 35.8 Å². The van der Waals surface area contributed by atoms with Crippen LogP contribution in [0.25, 0.3) is 0 Å². The Kier molecular flexibility index (Phi) is 5.74. The maximum atomic E-state index is 13.2. The van der Waals surface area contributed by atoms with Gasteiger partial charge < -0.3 is 10.2 Å². The zero-order valence-electron chi connectivity index (χ0n) is 17.7. The summed E-state index contributed by atoms with van der Waals surface area (Å²) < 4.78 is 25.2. The third-order valence-electron chi connectivity index (χ3n) is 5.80. The zero-order chi connectivity index (χ0) is 22.3. The molecule has 0 radical (unpaired) electrons. The lowest BCUT2D eigenvalue weighted by Crippen LogP contribution is -2.44. The summed E-state index contributed by atoms with van der Waals surface area (Å²) >= 11 is 1.54. The highest BCUT2D eigenvalue weighted by Gasteiger charge is 2.36. The summed E-state index contributed by atoms with van der Waals surface area (Å²) in [4.78, 5) is 27.7. The quantitative estimate of drug-likeness (QED) is 0.760. The van der Waals surface area contributed by atoms with Crippen LogP contribution in [0.4, 0.5) is 11.4 Å². The Hall–Kier alpha value is -2.52. The number of fused-ring (bicyclic) bond motifs is 1. The Balaban J connectivity index is 1.52. The number of hydrogen-bond acceptors (Lipinski definition) is 5. The fraction of sp³-hybridized carbons (Fsp3) is 0.364. The molecule has 2 aliphatic heterocycles. The van der Waals surface area contributed by atoms with Gasteiger partial charge in [0.1, 0.15) is 6.04 Å². The van der Waals surface area contributed by atoms with Gasteiger partial charge in [-0.25, -0.2) is 8.42 Å². The van der Waals surface area contributed by atoms with Crippen molar-refractivity contribution < 1.29 is 18.0 Å². The topological polar surface area (TPSA) is 86.8 Å². The van der Waals surface area contributed by atoms with Crippen molar-refractivity contribution in [1.29, 1.82) is 0 Å². The van der Waals surface area contributed by atoms with Gasteiger partial charge in [0.15, 0.2) is 0 Å². The molecule has 0 aromatic heterocycles. The van der Waals surface area contributed by atoms with Gasteiger partial charge in [-0.15, -0.1) is 11.8 Å². The average Bonchev–Trinajstić information content (AvgIpc) is 3.36. The Morgan fingerprint density at radius 3 is 2.58 bits per heavy atom. The number of nitrogens with one attached hydrogen (secondary N) is 1. The molecule has 1 atom stereocenters. The van der Waals surface area contributed by atoms with Crippen molar-refractivity contribution in [3.8, 4) is 0 Å². The Labute approximate surface area is 186 Å². The lowest BCUT2D eigenvalue weighted by molar-refractivity contribution is -0.119. The molecule has 9 heteroatoms. The number of aryl methyl sites for hydroxylation is 2. The van der Waals surface area contributed by atoms with Gasteiger partial charge in [0, 0.05) is 23.5 Å². The van der Waals surface area contributed by atoms with Crippen LogP contribution in [-0.4, -0.2) is 55.6 Å². The van der Waals surface area contributed by atoms with E-state index in [1.54, 1.807) is 34.9 Å². The smallest absolute Gasteiger partial charge is 0.255 e. The van der Waals surface area contributed by atoms with E-state index in [1.165, 1.54) is 10.6 Å². The molecule has 31 heavy (non-hydrogen) atoms. The Morgan fingerprint density at radius 2 is 1.87 bits per heavy atom. The molecule has 2 amide bonds. The summed E-state index contributed by atoms with van der Waals surface area (Å²) in [7, 11) is -3.34. The summed E-state index contributed by atoms with van der Waals surface area (Å²) in [5.41, 5.74) is 4.89. The van der Waals surface area contributed by atoms with Crippen LogP contribution in [0.2, 0.25) is 0 Å². The van der Waals surface area contributed by atoms with Crippen molar-refractivity contribution in [2.75, 3.05) is 34.1 Å².